The summed E-state index contributed by atoms with van der Waals surface area (Å²) in [5.41, 5.74) is 0. The number of hydrogen-bond acceptors (Lipinski definition) is 2. The molecule has 1 atom stereocenters. The van der Waals surface area contributed by atoms with E-state index in [1.54, 1.807) is 0 Å². The van der Waals surface area contributed by atoms with Gasteiger partial charge >= 0.3 is 0 Å². The molecule has 1 unspecified atom stereocenters. The molecule has 0 bridgehead atoms. The van der Waals surface area contributed by atoms with Gasteiger partial charge in [-0.2, -0.15) is 0 Å². The van der Waals surface area contributed by atoms with Gasteiger partial charge in [0.25, 0.3) is 0 Å². The molecule has 1 aliphatic heterocycles. The lowest BCUT2D eigenvalue weighted by Gasteiger charge is -2.00. The molecule has 1 fully saturated rings. The average molecular weight is 117 g/mol. The highest BCUT2D eigenvalue weighted by atomic mass is 32.2. The fraction of sp³-hybridized carbons (Fsp3) is 1.00. The van der Waals surface area contributed by atoms with E-state index in [9.17, 15) is 0 Å². The van der Waals surface area contributed by atoms with Crippen LogP contribution in [0.5, 0.6) is 0 Å². The Bertz CT molecular complexity index is 50.0. The average Bonchev–Trinajstić information content (AvgIpc) is 2.14. The van der Waals surface area contributed by atoms with Crippen molar-refractivity contribution in [3.8, 4) is 0 Å². The molecule has 7 heavy (non-hydrogen) atoms. The molecular weight excluding hydrogens is 106 g/mol. The standard InChI is InChI=1S/C5H11NS/c1-2-5-3-4-7-6-5/h5-6H,2-4H2,1H3. The molecular formula is C5H11NS. The molecule has 0 aliphatic carbocycles. The zero-order valence-electron chi connectivity index (χ0n) is 4.61. The van der Waals surface area contributed by atoms with Gasteiger partial charge in [0.1, 0.15) is 0 Å². The molecule has 0 aromatic rings. The first-order valence-electron chi connectivity index (χ1n) is 2.81. The molecule has 1 saturated heterocycles. The van der Waals surface area contributed by atoms with E-state index >= 15 is 0 Å². The molecule has 1 nitrogen and oxygen atoms in total. The summed E-state index contributed by atoms with van der Waals surface area (Å²) in [6.45, 7) is 2.23. The fourth-order valence-electron chi connectivity index (χ4n) is 0.724. The Labute approximate surface area is 49.0 Å². The fourth-order valence-corrected chi connectivity index (χ4v) is 1.76. The van der Waals surface area contributed by atoms with Gasteiger partial charge in [-0.15, -0.1) is 0 Å². The van der Waals surface area contributed by atoms with Gasteiger partial charge in [0.2, 0.25) is 0 Å². The smallest absolute Gasteiger partial charge is 0.0177 e. The van der Waals surface area contributed by atoms with Crippen LogP contribution in [-0.2, 0) is 0 Å². The van der Waals surface area contributed by atoms with E-state index < -0.39 is 0 Å². The lowest BCUT2D eigenvalue weighted by molar-refractivity contribution is 0.622. The van der Waals surface area contributed by atoms with Gasteiger partial charge in [-0.05, 0) is 12.8 Å². The second-order valence-electron chi connectivity index (χ2n) is 1.86. The van der Waals surface area contributed by atoms with Crippen LogP contribution in [0.2, 0.25) is 0 Å². The lowest BCUT2D eigenvalue weighted by Crippen LogP contribution is -2.13. The number of nitrogens with one attached hydrogen (secondary N) is 1. The van der Waals surface area contributed by atoms with Crippen LogP contribution in [0, 0.1) is 0 Å². The molecule has 0 aromatic heterocycles. The SMILES string of the molecule is CCC1CCSN1. The summed E-state index contributed by atoms with van der Waals surface area (Å²) in [5.74, 6) is 1.30. The normalized spacial score (nSPS) is 31.3. The number of hydrogen-bond donors (Lipinski definition) is 1. The van der Waals surface area contributed by atoms with E-state index in [4.69, 9.17) is 0 Å². The summed E-state index contributed by atoms with van der Waals surface area (Å²) in [6, 6.07) is 0.810. The van der Waals surface area contributed by atoms with Crippen molar-refractivity contribution in [1.82, 2.24) is 4.72 Å². The summed E-state index contributed by atoms with van der Waals surface area (Å²) in [5, 5.41) is 0. The third-order valence-electron chi connectivity index (χ3n) is 1.31. The van der Waals surface area contributed by atoms with Crippen LogP contribution < -0.4 is 4.72 Å². The van der Waals surface area contributed by atoms with Crippen LogP contribution in [0.1, 0.15) is 19.8 Å². The van der Waals surface area contributed by atoms with Crippen molar-refractivity contribution in [1.29, 1.82) is 0 Å². The van der Waals surface area contributed by atoms with E-state index in [1.165, 1.54) is 18.6 Å². The van der Waals surface area contributed by atoms with Crippen molar-refractivity contribution < 1.29 is 0 Å². The van der Waals surface area contributed by atoms with Crippen LogP contribution in [0.4, 0.5) is 0 Å². The van der Waals surface area contributed by atoms with E-state index in [-0.39, 0.29) is 0 Å². The Kier molecular flexibility index (Phi) is 2.00. The highest BCUT2D eigenvalue weighted by molar-refractivity contribution is 7.97. The highest BCUT2D eigenvalue weighted by Gasteiger charge is 2.10. The Morgan fingerprint density at radius 3 is 3.00 bits per heavy atom. The Hall–Kier alpha value is 0.310. The molecule has 1 N–H and O–H groups in total. The zero-order chi connectivity index (χ0) is 5.11. The molecule has 0 saturated carbocycles. The Morgan fingerprint density at radius 1 is 1.86 bits per heavy atom. The molecule has 42 valence electrons. The second-order valence-corrected chi connectivity index (χ2v) is 2.79. The maximum absolute atomic E-state index is 3.32. The molecule has 0 aromatic carbocycles. The molecule has 0 radical (unpaired) electrons. The van der Waals surface area contributed by atoms with E-state index in [1.807, 2.05) is 11.9 Å². The molecule has 0 spiro atoms. The quantitative estimate of drug-likeness (QED) is 0.521. The first-order valence-corrected chi connectivity index (χ1v) is 3.79. The van der Waals surface area contributed by atoms with Crippen molar-refractivity contribution >= 4 is 11.9 Å². The van der Waals surface area contributed by atoms with Gasteiger partial charge in [-0.3, -0.25) is 4.72 Å². The van der Waals surface area contributed by atoms with Crippen molar-refractivity contribution in [2.75, 3.05) is 5.75 Å². The van der Waals surface area contributed by atoms with Crippen molar-refractivity contribution in [3.63, 3.8) is 0 Å². The van der Waals surface area contributed by atoms with Crippen LogP contribution in [0.15, 0.2) is 0 Å². The van der Waals surface area contributed by atoms with Crippen LogP contribution in [-0.4, -0.2) is 11.8 Å². The maximum Gasteiger partial charge on any atom is 0.0177 e. The first-order chi connectivity index (χ1) is 3.43. The van der Waals surface area contributed by atoms with Crippen LogP contribution in [0.25, 0.3) is 0 Å². The minimum absolute atomic E-state index is 0.810. The van der Waals surface area contributed by atoms with Gasteiger partial charge in [0, 0.05) is 11.8 Å². The number of rotatable bonds is 1. The van der Waals surface area contributed by atoms with Crippen molar-refractivity contribution in [2.45, 2.75) is 25.8 Å². The van der Waals surface area contributed by atoms with Gasteiger partial charge in [-0.25, -0.2) is 0 Å². The minimum Gasteiger partial charge on any atom is -0.261 e. The molecule has 0 amide bonds. The predicted molar refractivity (Wildman–Crippen MR) is 34.3 cm³/mol. The largest absolute Gasteiger partial charge is 0.261 e. The first kappa shape index (κ1) is 5.45. The molecule has 1 heterocycles. The van der Waals surface area contributed by atoms with Gasteiger partial charge in [0.05, 0.1) is 0 Å². The monoisotopic (exact) mass is 117 g/mol. The summed E-state index contributed by atoms with van der Waals surface area (Å²) in [6.07, 6.45) is 2.65. The van der Waals surface area contributed by atoms with E-state index in [0.717, 1.165) is 6.04 Å². The minimum atomic E-state index is 0.810. The topological polar surface area (TPSA) is 12.0 Å². The Balaban J connectivity index is 2.14. The van der Waals surface area contributed by atoms with Gasteiger partial charge in [-0.1, -0.05) is 18.9 Å². The summed E-state index contributed by atoms with van der Waals surface area (Å²) >= 11 is 1.86. The molecule has 2 heteroatoms. The summed E-state index contributed by atoms with van der Waals surface area (Å²) in [4.78, 5) is 0. The van der Waals surface area contributed by atoms with Crippen molar-refractivity contribution in [2.24, 2.45) is 0 Å². The highest BCUT2D eigenvalue weighted by Crippen LogP contribution is 2.14. The maximum atomic E-state index is 3.32. The summed E-state index contributed by atoms with van der Waals surface area (Å²) in [7, 11) is 0. The second kappa shape index (κ2) is 2.58. The van der Waals surface area contributed by atoms with Gasteiger partial charge in [0.15, 0.2) is 0 Å². The van der Waals surface area contributed by atoms with Crippen LogP contribution >= 0.6 is 11.9 Å². The third kappa shape index (κ3) is 1.35. The third-order valence-corrected chi connectivity index (χ3v) is 2.25. The predicted octanol–water partition coefficient (Wildman–Crippen LogP) is 1.41. The molecule has 1 aliphatic rings. The van der Waals surface area contributed by atoms with E-state index in [0.29, 0.717) is 0 Å². The summed E-state index contributed by atoms with van der Waals surface area (Å²) < 4.78 is 3.32. The van der Waals surface area contributed by atoms with Crippen LogP contribution in [0.3, 0.4) is 0 Å². The zero-order valence-corrected chi connectivity index (χ0v) is 5.42. The molecule has 1 rings (SSSR count). The van der Waals surface area contributed by atoms with Crippen molar-refractivity contribution in [3.05, 3.63) is 0 Å². The Morgan fingerprint density at radius 2 is 2.71 bits per heavy atom. The van der Waals surface area contributed by atoms with E-state index in [2.05, 4.69) is 11.6 Å². The van der Waals surface area contributed by atoms with Gasteiger partial charge < -0.3 is 0 Å². The lowest BCUT2D eigenvalue weighted by atomic mass is 10.2.